The Balaban J connectivity index is 0.00000144. The smallest absolute Gasteiger partial charge is 0.0474 e. The van der Waals surface area contributed by atoms with E-state index in [1.54, 1.807) is 0 Å². The fourth-order valence-electron chi connectivity index (χ4n) is 1.12. The van der Waals surface area contributed by atoms with E-state index in [4.69, 9.17) is 10.8 Å². The lowest BCUT2D eigenvalue weighted by Gasteiger charge is -2.17. The quantitative estimate of drug-likeness (QED) is 0.783. The molecule has 0 aliphatic rings. The zero-order valence-electron chi connectivity index (χ0n) is 7.68. The summed E-state index contributed by atoms with van der Waals surface area (Å²) in [5.74, 6) is 0.118. The lowest BCUT2D eigenvalue weighted by atomic mass is 9.96. The molecule has 2 atom stereocenters. The summed E-state index contributed by atoms with van der Waals surface area (Å²) in [5.41, 5.74) is 6.97. The minimum Gasteiger partial charge on any atom is -0.396 e. The molecule has 74 valence electrons. The van der Waals surface area contributed by atoms with Gasteiger partial charge in [-0.15, -0.1) is 12.4 Å². The lowest BCUT2D eigenvalue weighted by molar-refractivity contribution is 0.217. The summed E-state index contributed by atoms with van der Waals surface area (Å²) in [6, 6.07) is 9.78. The van der Waals surface area contributed by atoms with Crippen molar-refractivity contribution in [2.24, 2.45) is 11.7 Å². The summed E-state index contributed by atoms with van der Waals surface area (Å²) in [5, 5.41) is 8.89. The molecule has 0 aliphatic heterocycles. The molecule has 0 heterocycles. The maximum Gasteiger partial charge on any atom is 0.0474 e. The first-order chi connectivity index (χ1) is 5.75. The van der Waals surface area contributed by atoms with Crippen molar-refractivity contribution in [3.8, 4) is 0 Å². The minimum absolute atomic E-state index is 0. The van der Waals surface area contributed by atoms with Crippen LogP contribution < -0.4 is 5.73 Å². The highest BCUT2D eigenvalue weighted by atomic mass is 35.5. The molecule has 0 aliphatic carbocycles. The second-order valence-electron chi connectivity index (χ2n) is 3.10. The summed E-state index contributed by atoms with van der Waals surface area (Å²) in [6.45, 7) is 2.08. The molecule has 1 unspecified atom stereocenters. The van der Waals surface area contributed by atoms with E-state index < -0.39 is 0 Å². The Bertz CT molecular complexity index is 228. The molecule has 0 bridgehead atoms. The molecule has 2 nitrogen and oxygen atoms in total. The Labute approximate surface area is 85.2 Å². The highest BCUT2D eigenvalue weighted by Crippen LogP contribution is 2.17. The van der Waals surface area contributed by atoms with Gasteiger partial charge in [-0.1, -0.05) is 37.3 Å². The van der Waals surface area contributed by atoms with Crippen molar-refractivity contribution >= 4 is 12.4 Å². The molecule has 1 rings (SSSR count). The maximum absolute atomic E-state index is 8.89. The Morgan fingerprint density at radius 1 is 1.31 bits per heavy atom. The van der Waals surface area contributed by atoms with E-state index in [1.165, 1.54) is 0 Å². The number of nitrogens with two attached hydrogens (primary N) is 1. The zero-order valence-corrected chi connectivity index (χ0v) is 8.50. The van der Waals surface area contributed by atoms with Gasteiger partial charge in [-0.3, -0.25) is 0 Å². The monoisotopic (exact) mass is 201 g/mol. The minimum atomic E-state index is -0.0591. The van der Waals surface area contributed by atoms with Crippen LogP contribution in [0, 0.1) is 5.92 Å². The van der Waals surface area contributed by atoms with Gasteiger partial charge in [-0.05, 0) is 11.5 Å². The van der Waals surface area contributed by atoms with Crippen molar-refractivity contribution in [1.29, 1.82) is 0 Å². The predicted octanol–water partition coefficient (Wildman–Crippen LogP) is 1.74. The van der Waals surface area contributed by atoms with Crippen LogP contribution in [0.5, 0.6) is 0 Å². The molecule has 0 saturated heterocycles. The van der Waals surface area contributed by atoms with Crippen LogP contribution in [0.15, 0.2) is 30.3 Å². The van der Waals surface area contributed by atoms with E-state index in [0.717, 1.165) is 5.56 Å². The lowest BCUT2D eigenvalue weighted by Crippen LogP contribution is -2.21. The molecule has 0 spiro atoms. The number of hydrogen-bond acceptors (Lipinski definition) is 2. The average molecular weight is 202 g/mol. The maximum atomic E-state index is 8.89. The van der Waals surface area contributed by atoms with E-state index in [0.29, 0.717) is 0 Å². The van der Waals surface area contributed by atoms with Gasteiger partial charge in [0, 0.05) is 12.6 Å². The molecular weight excluding hydrogens is 186 g/mol. The van der Waals surface area contributed by atoms with E-state index in [9.17, 15) is 0 Å². The Kier molecular flexibility index (Phi) is 5.71. The molecule has 0 saturated carbocycles. The van der Waals surface area contributed by atoms with Gasteiger partial charge < -0.3 is 10.8 Å². The van der Waals surface area contributed by atoms with Crippen LogP contribution in [-0.2, 0) is 0 Å². The van der Waals surface area contributed by atoms with Crippen molar-refractivity contribution in [3.63, 3.8) is 0 Å². The first kappa shape index (κ1) is 12.4. The van der Waals surface area contributed by atoms with Gasteiger partial charge in [0.15, 0.2) is 0 Å². The molecule has 0 fully saturated rings. The summed E-state index contributed by atoms with van der Waals surface area (Å²) < 4.78 is 0. The fraction of sp³-hybridized carbons (Fsp3) is 0.400. The molecule has 13 heavy (non-hydrogen) atoms. The summed E-state index contributed by atoms with van der Waals surface area (Å²) >= 11 is 0. The Morgan fingerprint density at radius 3 is 2.31 bits per heavy atom. The van der Waals surface area contributed by atoms with Crippen molar-refractivity contribution in [2.75, 3.05) is 6.61 Å². The first-order valence-corrected chi connectivity index (χ1v) is 4.17. The molecule has 0 aromatic heterocycles. The Hall–Kier alpha value is -0.570. The van der Waals surface area contributed by atoms with Gasteiger partial charge >= 0.3 is 0 Å². The van der Waals surface area contributed by atoms with E-state index in [1.807, 2.05) is 37.3 Å². The number of aliphatic hydroxyl groups excluding tert-OH is 1. The molecule has 3 N–H and O–H groups in total. The van der Waals surface area contributed by atoms with Crippen LogP contribution >= 0.6 is 12.4 Å². The van der Waals surface area contributed by atoms with E-state index in [2.05, 4.69) is 0 Å². The second kappa shape index (κ2) is 5.97. The van der Waals surface area contributed by atoms with Crippen molar-refractivity contribution in [2.45, 2.75) is 13.0 Å². The topological polar surface area (TPSA) is 46.2 Å². The Morgan fingerprint density at radius 2 is 1.85 bits per heavy atom. The molecular formula is C10H16ClNO. The van der Waals surface area contributed by atoms with E-state index >= 15 is 0 Å². The predicted molar refractivity (Wildman–Crippen MR) is 56.9 cm³/mol. The van der Waals surface area contributed by atoms with Gasteiger partial charge in [0.2, 0.25) is 0 Å². The normalized spacial score (nSPS) is 14.4. The third-order valence-electron chi connectivity index (χ3n) is 2.09. The number of hydrogen-bond donors (Lipinski definition) is 2. The van der Waals surface area contributed by atoms with Gasteiger partial charge in [-0.2, -0.15) is 0 Å². The van der Waals surface area contributed by atoms with Gasteiger partial charge in [0.05, 0.1) is 0 Å². The highest BCUT2D eigenvalue weighted by molar-refractivity contribution is 5.85. The third kappa shape index (κ3) is 3.35. The number of benzene rings is 1. The zero-order chi connectivity index (χ0) is 8.97. The summed E-state index contributed by atoms with van der Waals surface area (Å²) in [7, 11) is 0. The van der Waals surface area contributed by atoms with Crippen LogP contribution in [0.4, 0.5) is 0 Å². The van der Waals surface area contributed by atoms with Crippen LogP contribution in [0.3, 0.4) is 0 Å². The average Bonchev–Trinajstić information content (AvgIpc) is 2.17. The van der Waals surface area contributed by atoms with Gasteiger partial charge in [0.25, 0.3) is 0 Å². The SMILES string of the molecule is C[C@H](CO)C(N)c1ccccc1.Cl. The molecule has 3 heteroatoms. The summed E-state index contributed by atoms with van der Waals surface area (Å²) in [4.78, 5) is 0. The van der Waals surface area contributed by atoms with Gasteiger partial charge in [-0.25, -0.2) is 0 Å². The molecule has 0 amide bonds. The van der Waals surface area contributed by atoms with Crippen LogP contribution in [-0.4, -0.2) is 11.7 Å². The fourth-order valence-corrected chi connectivity index (χ4v) is 1.12. The third-order valence-corrected chi connectivity index (χ3v) is 2.09. The van der Waals surface area contributed by atoms with Crippen LogP contribution in [0.25, 0.3) is 0 Å². The first-order valence-electron chi connectivity index (χ1n) is 4.17. The largest absolute Gasteiger partial charge is 0.396 e. The second-order valence-corrected chi connectivity index (χ2v) is 3.10. The number of aliphatic hydroxyl groups is 1. The highest BCUT2D eigenvalue weighted by Gasteiger charge is 2.12. The van der Waals surface area contributed by atoms with Crippen LogP contribution in [0.2, 0.25) is 0 Å². The standard InChI is InChI=1S/C10H15NO.ClH/c1-8(7-12)10(11)9-5-3-2-4-6-9;/h2-6,8,10,12H,7,11H2,1H3;1H/t8-,10?;/m1./s1. The van der Waals surface area contributed by atoms with E-state index in [-0.39, 0.29) is 31.0 Å². The van der Waals surface area contributed by atoms with Crippen LogP contribution in [0.1, 0.15) is 18.5 Å². The molecule has 1 aromatic carbocycles. The number of rotatable bonds is 3. The van der Waals surface area contributed by atoms with Crippen molar-refractivity contribution in [3.05, 3.63) is 35.9 Å². The van der Waals surface area contributed by atoms with Crippen molar-refractivity contribution < 1.29 is 5.11 Å². The van der Waals surface area contributed by atoms with Gasteiger partial charge in [0.1, 0.15) is 0 Å². The number of halogens is 1. The summed E-state index contributed by atoms with van der Waals surface area (Å²) in [6.07, 6.45) is 0. The molecule has 1 aromatic rings. The molecule has 0 radical (unpaired) electrons. The van der Waals surface area contributed by atoms with Crippen molar-refractivity contribution in [1.82, 2.24) is 0 Å².